The Morgan fingerprint density at radius 3 is 2.88 bits per heavy atom. The highest BCUT2D eigenvalue weighted by Gasteiger charge is 2.15. The number of rotatable bonds is 3. The molecule has 0 spiro atoms. The lowest BCUT2D eigenvalue weighted by molar-refractivity contribution is 0.0931. The quantitative estimate of drug-likeness (QED) is 0.932. The summed E-state index contributed by atoms with van der Waals surface area (Å²) < 4.78 is 5.55. The third-order valence-electron chi connectivity index (χ3n) is 2.23. The van der Waals surface area contributed by atoms with Crippen molar-refractivity contribution in [2.45, 2.75) is 19.9 Å². The number of hydrogen-bond donors (Lipinski definition) is 1. The number of carbonyl (C=O) groups excluding carboxylic acids is 1. The van der Waals surface area contributed by atoms with Gasteiger partial charge in [-0.25, -0.2) is 0 Å². The van der Waals surface area contributed by atoms with Crippen LogP contribution in [0.3, 0.4) is 0 Å². The van der Waals surface area contributed by atoms with E-state index in [9.17, 15) is 4.79 Å². The lowest BCUT2D eigenvalue weighted by Crippen LogP contribution is -2.26. The predicted molar refractivity (Wildman–Crippen MR) is 66.5 cm³/mol. The van der Waals surface area contributed by atoms with Gasteiger partial charge >= 0.3 is 0 Å². The topological polar surface area (TPSA) is 55.1 Å². The first-order valence-corrected chi connectivity index (χ1v) is 6.25. The summed E-state index contributed by atoms with van der Waals surface area (Å²) in [7, 11) is 0. The van der Waals surface area contributed by atoms with Gasteiger partial charge < -0.3 is 9.84 Å². The van der Waals surface area contributed by atoms with Gasteiger partial charge in [0.15, 0.2) is 5.69 Å². The molecule has 1 amide bonds. The third kappa shape index (κ3) is 2.87. The SMILES string of the molecule is Cc1cc(C(=O)NC(C)c2ccc(Cl)s2)no1. The molecule has 2 heterocycles. The van der Waals surface area contributed by atoms with Crippen LogP contribution >= 0.6 is 22.9 Å². The minimum Gasteiger partial charge on any atom is -0.361 e. The molecule has 2 rings (SSSR count). The third-order valence-corrected chi connectivity index (χ3v) is 3.64. The van der Waals surface area contributed by atoms with Crippen LogP contribution < -0.4 is 5.32 Å². The maximum Gasteiger partial charge on any atom is 0.273 e. The van der Waals surface area contributed by atoms with Gasteiger partial charge in [0.05, 0.1) is 10.4 Å². The highest BCUT2D eigenvalue weighted by molar-refractivity contribution is 7.16. The summed E-state index contributed by atoms with van der Waals surface area (Å²) in [5, 5.41) is 6.49. The van der Waals surface area contributed by atoms with Crippen LogP contribution in [0.1, 0.15) is 34.1 Å². The molecule has 6 heteroatoms. The van der Waals surface area contributed by atoms with Gasteiger partial charge in [-0.05, 0) is 26.0 Å². The highest BCUT2D eigenvalue weighted by atomic mass is 35.5. The van der Waals surface area contributed by atoms with E-state index in [2.05, 4.69) is 10.5 Å². The second-order valence-corrected chi connectivity index (χ2v) is 5.41. The predicted octanol–water partition coefficient (Wildman–Crippen LogP) is 3.19. The number of amides is 1. The van der Waals surface area contributed by atoms with Crippen LogP contribution in [0.25, 0.3) is 0 Å². The second-order valence-electron chi connectivity index (χ2n) is 3.66. The Kier molecular flexibility index (Phi) is 3.49. The van der Waals surface area contributed by atoms with Crippen molar-refractivity contribution in [1.29, 1.82) is 0 Å². The fourth-order valence-corrected chi connectivity index (χ4v) is 2.44. The van der Waals surface area contributed by atoms with Gasteiger partial charge in [-0.15, -0.1) is 11.3 Å². The molecule has 2 aromatic heterocycles. The van der Waals surface area contributed by atoms with Crippen LogP contribution in [0.5, 0.6) is 0 Å². The summed E-state index contributed by atoms with van der Waals surface area (Å²) in [5.41, 5.74) is 0.289. The van der Waals surface area contributed by atoms with Crippen LogP contribution in [-0.4, -0.2) is 11.1 Å². The lowest BCUT2D eigenvalue weighted by Gasteiger charge is -2.10. The maximum absolute atomic E-state index is 11.8. The minimum absolute atomic E-state index is 0.1000. The van der Waals surface area contributed by atoms with Crippen LogP contribution in [0.15, 0.2) is 22.7 Å². The first kappa shape index (κ1) is 12.1. The molecule has 0 fully saturated rings. The number of aryl methyl sites for hydroxylation is 1. The van der Waals surface area contributed by atoms with Crippen molar-refractivity contribution in [3.63, 3.8) is 0 Å². The molecule has 0 aliphatic heterocycles. The summed E-state index contributed by atoms with van der Waals surface area (Å²) in [6, 6.07) is 5.21. The maximum atomic E-state index is 11.8. The fourth-order valence-electron chi connectivity index (χ4n) is 1.38. The molecule has 4 nitrogen and oxygen atoms in total. The molecule has 0 bridgehead atoms. The molecule has 0 radical (unpaired) electrons. The van der Waals surface area contributed by atoms with Gasteiger partial charge in [-0.2, -0.15) is 0 Å². The van der Waals surface area contributed by atoms with Crippen LogP contribution in [0, 0.1) is 6.92 Å². The average molecular weight is 271 g/mol. The Hall–Kier alpha value is -1.33. The van der Waals surface area contributed by atoms with Crippen molar-refractivity contribution >= 4 is 28.8 Å². The van der Waals surface area contributed by atoms with Crippen molar-refractivity contribution in [3.8, 4) is 0 Å². The zero-order chi connectivity index (χ0) is 12.4. The second kappa shape index (κ2) is 4.89. The van der Waals surface area contributed by atoms with E-state index < -0.39 is 0 Å². The summed E-state index contributed by atoms with van der Waals surface area (Å²) >= 11 is 7.28. The molecular formula is C11H11ClN2O2S. The van der Waals surface area contributed by atoms with E-state index in [4.69, 9.17) is 16.1 Å². The average Bonchev–Trinajstić information content (AvgIpc) is 2.87. The summed E-state index contributed by atoms with van der Waals surface area (Å²) in [4.78, 5) is 12.8. The summed E-state index contributed by atoms with van der Waals surface area (Å²) in [6.07, 6.45) is 0. The first-order chi connectivity index (χ1) is 8.06. The number of nitrogens with one attached hydrogen (secondary N) is 1. The smallest absolute Gasteiger partial charge is 0.273 e. The molecule has 17 heavy (non-hydrogen) atoms. The van der Waals surface area contributed by atoms with Gasteiger partial charge in [0, 0.05) is 10.9 Å². The van der Waals surface area contributed by atoms with Crippen molar-refractivity contribution in [1.82, 2.24) is 10.5 Å². The summed E-state index contributed by atoms with van der Waals surface area (Å²) in [6.45, 7) is 3.64. The Labute approximate surface area is 108 Å². The molecule has 0 aliphatic rings. The van der Waals surface area contributed by atoms with Crippen molar-refractivity contribution in [2.75, 3.05) is 0 Å². The molecule has 0 aromatic carbocycles. The van der Waals surface area contributed by atoms with Gasteiger partial charge in [0.25, 0.3) is 5.91 Å². The van der Waals surface area contributed by atoms with E-state index in [1.165, 1.54) is 11.3 Å². The molecule has 1 unspecified atom stereocenters. The molecule has 2 aromatic rings. The number of carbonyl (C=O) groups is 1. The van der Waals surface area contributed by atoms with E-state index in [-0.39, 0.29) is 17.6 Å². The number of nitrogens with zero attached hydrogens (tertiary/aromatic N) is 1. The standard InChI is InChI=1S/C11H11ClN2O2S/c1-6-5-8(14-16-6)11(15)13-7(2)9-3-4-10(12)17-9/h3-5,7H,1-2H3,(H,13,15). The molecule has 0 aliphatic carbocycles. The number of aromatic nitrogens is 1. The fraction of sp³-hybridized carbons (Fsp3) is 0.273. The van der Waals surface area contributed by atoms with E-state index in [0.29, 0.717) is 10.1 Å². The van der Waals surface area contributed by atoms with Gasteiger partial charge in [0.2, 0.25) is 0 Å². The Balaban J connectivity index is 2.04. The first-order valence-electron chi connectivity index (χ1n) is 5.05. The van der Waals surface area contributed by atoms with Crippen molar-refractivity contribution < 1.29 is 9.32 Å². The molecule has 0 saturated carbocycles. The monoisotopic (exact) mass is 270 g/mol. The Bertz CT molecular complexity index is 535. The van der Waals surface area contributed by atoms with Crippen molar-refractivity contribution in [2.24, 2.45) is 0 Å². The van der Waals surface area contributed by atoms with E-state index >= 15 is 0 Å². The molecule has 90 valence electrons. The zero-order valence-corrected chi connectivity index (χ0v) is 10.9. The van der Waals surface area contributed by atoms with Crippen LogP contribution in [0.2, 0.25) is 4.34 Å². The lowest BCUT2D eigenvalue weighted by atomic mass is 10.2. The number of thiophene rings is 1. The highest BCUT2D eigenvalue weighted by Crippen LogP contribution is 2.26. The largest absolute Gasteiger partial charge is 0.361 e. The van der Waals surface area contributed by atoms with Gasteiger partial charge in [-0.3, -0.25) is 4.79 Å². The summed E-state index contributed by atoms with van der Waals surface area (Å²) in [5.74, 6) is 0.362. The Morgan fingerprint density at radius 2 is 2.35 bits per heavy atom. The number of halogens is 1. The molecule has 1 N–H and O–H groups in total. The zero-order valence-electron chi connectivity index (χ0n) is 9.36. The van der Waals surface area contributed by atoms with E-state index in [1.54, 1.807) is 13.0 Å². The molecular weight excluding hydrogens is 260 g/mol. The van der Waals surface area contributed by atoms with Crippen LogP contribution in [0.4, 0.5) is 0 Å². The normalized spacial score (nSPS) is 12.4. The number of hydrogen-bond acceptors (Lipinski definition) is 4. The minimum atomic E-state index is -0.251. The molecule has 0 saturated heterocycles. The van der Waals surface area contributed by atoms with E-state index in [0.717, 1.165) is 4.88 Å². The van der Waals surface area contributed by atoms with Crippen LogP contribution in [-0.2, 0) is 0 Å². The van der Waals surface area contributed by atoms with Gasteiger partial charge in [-0.1, -0.05) is 16.8 Å². The Morgan fingerprint density at radius 1 is 1.59 bits per heavy atom. The molecule has 1 atom stereocenters. The van der Waals surface area contributed by atoms with Crippen molar-refractivity contribution in [3.05, 3.63) is 38.9 Å². The van der Waals surface area contributed by atoms with E-state index in [1.807, 2.05) is 19.1 Å². The van der Waals surface area contributed by atoms with Gasteiger partial charge in [0.1, 0.15) is 5.76 Å².